The Hall–Kier alpha value is -6.27. The lowest BCUT2D eigenvalue weighted by Crippen LogP contribution is -2.55. The van der Waals surface area contributed by atoms with E-state index in [1.54, 1.807) is 27.2 Å². The molecule has 0 aliphatic carbocycles. The Kier molecular flexibility index (Phi) is 15.0. The van der Waals surface area contributed by atoms with Gasteiger partial charge in [0.05, 0.1) is 21.0 Å². The fraction of sp³-hybridized carbons (Fsp3) is 0.365. The monoisotopic (exact) mass is 1010 g/mol. The predicted molar refractivity (Wildman–Crippen MR) is 278 cm³/mol. The van der Waals surface area contributed by atoms with E-state index in [1.165, 1.54) is 11.3 Å². The Bertz CT molecular complexity index is 3070. The van der Waals surface area contributed by atoms with Crippen molar-refractivity contribution in [2.45, 2.75) is 88.6 Å². The van der Waals surface area contributed by atoms with Gasteiger partial charge in [-0.3, -0.25) is 19.7 Å². The number of carbonyl (C=O) groups is 4. The van der Waals surface area contributed by atoms with E-state index in [4.69, 9.17) is 26.5 Å². The molecule has 3 aromatic carbocycles. The fourth-order valence-electron chi connectivity index (χ4n) is 10.3. The number of aromatic nitrogens is 2. The van der Waals surface area contributed by atoms with Crippen molar-refractivity contribution in [2.75, 3.05) is 48.4 Å². The summed E-state index contributed by atoms with van der Waals surface area (Å²) >= 11 is 8.06. The zero-order valence-electron chi connectivity index (χ0n) is 39.7. The molecular formula is C52H58ClN7O8S2. The lowest BCUT2D eigenvalue weighted by Gasteiger charge is -2.45. The number of fused-ring (bicyclic) bond motifs is 2. The highest BCUT2D eigenvalue weighted by molar-refractivity contribution is 7.88. The average Bonchev–Trinajstić information content (AvgIpc) is 3.91. The van der Waals surface area contributed by atoms with E-state index in [9.17, 15) is 27.6 Å². The van der Waals surface area contributed by atoms with Crippen LogP contribution in [0.3, 0.4) is 0 Å². The Morgan fingerprint density at radius 2 is 1.83 bits per heavy atom. The van der Waals surface area contributed by atoms with Crippen LogP contribution in [0.4, 0.5) is 17.2 Å². The molecule has 18 heteroatoms. The minimum Gasteiger partial charge on any atom is -0.479 e. The number of thiophene rings is 1. The van der Waals surface area contributed by atoms with E-state index >= 15 is 0 Å². The molecule has 2 unspecified atom stereocenters. The van der Waals surface area contributed by atoms with Crippen molar-refractivity contribution in [2.24, 2.45) is 0 Å². The number of hydrogen-bond acceptors (Lipinski definition) is 12. The molecule has 3 N–H and O–H groups in total. The summed E-state index contributed by atoms with van der Waals surface area (Å²) in [5.41, 5.74) is 4.93. The summed E-state index contributed by atoms with van der Waals surface area (Å²) in [7, 11) is -1.90. The third-order valence-corrected chi connectivity index (χ3v) is 17.3. The summed E-state index contributed by atoms with van der Waals surface area (Å²) < 4.78 is 37.2. The van der Waals surface area contributed by atoms with Crippen molar-refractivity contribution in [1.82, 2.24) is 19.2 Å². The summed E-state index contributed by atoms with van der Waals surface area (Å²) in [4.78, 5) is 53.2. The molecule has 368 valence electrons. The van der Waals surface area contributed by atoms with Gasteiger partial charge in [0.25, 0.3) is 0 Å². The van der Waals surface area contributed by atoms with Crippen LogP contribution in [0, 0.1) is 0 Å². The molecule has 2 atom stereocenters. The van der Waals surface area contributed by atoms with Crippen LogP contribution in [-0.4, -0.2) is 103 Å². The number of amides is 2. The minimum atomic E-state index is -3.73. The summed E-state index contributed by atoms with van der Waals surface area (Å²) in [5, 5.41) is 22.0. The fourth-order valence-corrected chi connectivity index (χ4v) is 13.6. The predicted octanol–water partition coefficient (Wildman–Crippen LogP) is 9.23. The topological polar surface area (TPSA) is 183 Å². The standard InChI is InChI=1S/C52H58ClN7O8S2/c1-6-10-43(51(65)54-32-62)57(5)42-18-17-40(41-14-9-12-36(29-61)47(41)42)34-19-22-58(23-20-34)45-26-39-16-15-33(28-59(39)56-45)31-70(66,67)60-24-21-38(27-52(60,3)4)55-37-13-8-11-35(25-37)50-48(53)49(44(7-2)69-50)68-30-46(63)64/h7-9,11-18,25-26,28-29,32,34,38,43,55H,2,6,10,19-24,27,30-31H2,1,3-5H3,(H,63,64)(H,54,62,65). The first-order valence-electron chi connectivity index (χ1n) is 23.4. The Morgan fingerprint density at radius 1 is 1.06 bits per heavy atom. The third kappa shape index (κ3) is 10.4. The van der Waals surface area contributed by atoms with Gasteiger partial charge in [0.15, 0.2) is 24.5 Å². The molecule has 2 fully saturated rings. The summed E-state index contributed by atoms with van der Waals surface area (Å²) in [6.45, 7) is 11.0. The van der Waals surface area contributed by atoms with Gasteiger partial charge in [-0.15, -0.1) is 11.3 Å². The number of aliphatic carboxylic acids is 1. The highest BCUT2D eigenvalue weighted by atomic mass is 35.5. The molecule has 70 heavy (non-hydrogen) atoms. The summed E-state index contributed by atoms with van der Waals surface area (Å²) in [5.74, 6) is -0.350. The number of halogens is 1. The second-order valence-corrected chi connectivity index (χ2v) is 22.0. The second kappa shape index (κ2) is 21.0. The van der Waals surface area contributed by atoms with E-state index in [-0.39, 0.29) is 29.4 Å². The Labute approximate surface area is 417 Å². The molecule has 15 nitrogen and oxygen atoms in total. The molecule has 0 bridgehead atoms. The van der Waals surface area contributed by atoms with Gasteiger partial charge in [0, 0.05) is 72.9 Å². The van der Waals surface area contributed by atoms with E-state index in [1.807, 2.05) is 93.4 Å². The molecule has 6 aromatic rings. The number of nitrogens with one attached hydrogen (secondary N) is 2. The first kappa shape index (κ1) is 50.1. The molecule has 0 spiro atoms. The quantitative estimate of drug-likeness (QED) is 0.0655. The zero-order valence-corrected chi connectivity index (χ0v) is 42.1. The van der Waals surface area contributed by atoms with Gasteiger partial charge >= 0.3 is 5.97 Å². The first-order valence-corrected chi connectivity index (χ1v) is 26.2. The molecule has 2 saturated heterocycles. The SMILES string of the molecule is C=Cc1sc(-c2cccc(NC3CCN(S(=O)(=O)Cc4ccc5cc(N6CCC(c7ccc(N(C)C(CCC)C(=O)NC=O)c8c(C=O)cccc78)CC6)nn5c4)C(C)(C)C3)c2)c(Cl)c1OCC(=O)O. The van der Waals surface area contributed by atoms with Crippen molar-refractivity contribution < 1.29 is 37.4 Å². The highest BCUT2D eigenvalue weighted by Gasteiger charge is 2.42. The maximum absolute atomic E-state index is 14.2. The molecule has 0 saturated carbocycles. The van der Waals surface area contributed by atoms with Crippen molar-refractivity contribution in [1.29, 1.82) is 0 Å². The van der Waals surface area contributed by atoms with Crippen molar-refractivity contribution in [3.63, 3.8) is 0 Å². The van der Waals surface area contributed by atoms with Crippen LogP contribution in [0.15, 0.2) is 85.6 Å². The van der Waals surface area contributed by atoms with Crippen LogP contribution in [0.1, 0.15) is 91.6 Å². The average molecular weight is 1010 g/mol. The number of pyridine rings is 1. The van der Waals surface area contributed by atoms with Crippen LogP contribution >= 0.6 is 22.9 Å². The summed E-state index contributed by atoms with van der Waals surface area (Å²) in [6.07, 6.45) is 8.78. The molecular weight excluding hydrogens is 950 g/mol. The van der Waals surface area contributed by atoms with Gasteiger partial charge in [-0.1, -0.05) is 74.0 Å². The van der Waals surface area contributed by atoms with E-state index < -0.39 is 34.2 Å². The Morgan fingerprint density at radius 3 is 2.53 bits per heavy atom. The number of imide groups is 1. The number of likely N-dealkylation sites (N-methyl/N-ethyl adjacent to an activating group) is 1. The highest BCUT2D eigenvalue weighted by Crippen LogP contribution is 2.47. The number of carboxylic acid groups (broad SMARTS) is 1. The van der Waals surface area contributed by atoms with Gasteiger partial charge in [0.2, 0.25) is 22.3 Å². The number of aldehydes is 1. The van der Waals surface area contributed by atoms with Crippen LogP contribution in [0.2, 0.25) is 5.02 Å². The molecule has 5 heterocycles. The number of hydrogen-bond donors (Lipinski definition) is 3. The number of rotatable bonds is 19. The van der Waals surface area contributed by atoms with Crippen LogP contribution in [0.5, 0.6) is 5.75 Å². The van der Waals surface area contributed by atoms with Crippen LogP contribution in [0.25, 0.3) is 32.8 Å². The summed E-state index contributed by atoms with van der Waals surface area (Å²) in [6, 6.07) is 22.8. The number of nitrogens with zero attached hydrogens (tertiary/aromatic N) is 5. The van der Waals surface area contributed by atoms with Gasteiger partial charge in [-0.05, 0) is 104 Å². The van der Waals surface area contributed by atoms with Crippen LogP contribution in [-0.2, 0) is 30.2 Å². The molecule has 0 radical (unpaired) electrons. The maximum atomic E-state index is 14.2. The molecule has 2 aliphatic rings. The van der Waals surface area contributed by atoms with E-state index in [0.29, 0.717) is 53.2 Å². The Balaban J connectivity index is 0.912. The van der Waals surface area contributed by atoms with Crippen molar-refractivity contribution in [3.05, 3.63) is 112 Å². The zero-order chi connectivity index (χ0) is 49.9. The van der Waals surface area contributed by atoms with Gasteiger partial charge in [0.1, 0.15) is 11.1 Å². The van der Waals surface area contributed by atoms with Gasteiger partial charge < -0.3 is 25.0 Å². The molecule has 2 aliphatic heterocycles. The largest absolute Gasteiger partial charge is 0.479 e. The number of anilines is 3. The molecule has 8 rings (SSSR count). The molecule has 2 amide bonds. The van der Waals surface area contributed by atoms with Gasteiger partial charge in [-0.25, -0.2) is 17.7 Å². The second-order valence-electron chi connectivity index (χ2n) is 18.7. The number of carbonyl (C=O) groups excluding carboxylic acids is 3. The third-order valence-electron chi connectivity index (χ3n) is 13.5. The molecule has 3 aromatic heterocycles. The number of benzene rings is 3. The smallest absolute Gasteiger partial charge is 0.341 e. The van der Waals surface area contributed by atoms with Crippen molar-refractivity contribution >= 4 is 97.1 Å². The maximum Gasteiger partial charge on any atom is 0.341 e. The first-order chi connectivity index (χ1) is 33.5. The normalized spacial score (nSPS) is 17.0. The van der Waals surface area contributed by atoms with Crippen LogP contribution < -0.4 is 25.2 Å². The number of sulfonamides is 1. The number of carboxylic acids is 1. The minimum absolute atomic E-state index is 0.00478. The number of ether oxygens (including phenoxy) is 1. The van der Waals surface area contributed by atoms with Crippen molar-refractivity contribution in [3.8, 4) is 16.2 Å². The lowest BCUT2D eigenvalue weighted by molar-refractivity contribution is -0.139. The van der Waals surface area contributed by atoms with Gasteiger partial charge in [-0.2, -0.15) is 9.40 Å². The lowest BCUT2D eigenvalue weighted by atomic mass is 9.85. The van der Waals surface area contributed by atoms with E-state index in [2.05, 4.69) is 28.2 Å². The number of piperidine rings is 2. The van der Waals surface area contributed by atoms with E-state index in [0.717, 1.165) is 88.1 Å².